The lowest BCUT2D eigenvalue weighted by Crippen LogP contribution is -2.28. The Kier molecular flexibility index (Phi) is 5.44. The van der Waals surface area contributed by atoms with E-state index in [2.05, 4.69) is 20.5 Å². The van der Waals surface area contributed by atoms with E-state index in [1.54, 1.807) is 12.1 Å². The number of esters is 1. The SMILES string of the molecule is COC(=O)c1nc(NC(=O)[C@@H]2CC(=O)N(c3n[nH]c4cccc(F)c34)C2)sc1C(C)C. The summed E-state index contributed by atoms with van der Waals surface area (Å²) >= 11 is 1.19. The van der Waals surface area contributed by atoms with Crippen LogP contribution in [0, 0.1) is 11.7 Å². The van der Waals surface area contributed by atoms with Crippen LogP contribution < -0.4 is 10.2 Å². The number of carbonyl (C=O) groups excluding carboxylic acids is 3. The molecule has 1 saturated heterocycles. The molecular formula is C20H20FN5O4S. The first-order chi connectivity index (χ1) is 14.8. The van der Waals surface area contributed by atoms with Crippen LogP contribution in [0.2, 0.25) is 0 Å². The zero-order valence-corrected chi connectivity index (χ0v) is 17.9. The topological polar surface area (TPSA) is 117 Å². The van der Waals surface area contributed by atoms with E-state index < -0.39 is 23.6 Å². The van der Waals surface area contributed by atoms with Gasteiger partial charge in [0.1, 0.15) is 5.82 Å². The molecule has 1 atom stereocenters. The highest BCUT2D eigenvalue weighted by Crippen LogP contribution is 2.33. The number of methoxy groups -OCH3 is 1. The number of fused-ring (bicyclic) bond motifs is 1. The number of ether oxygens (including phenoxy) is 1. The van der Waals surface area contributed by atoms with Gasteiger partial charge >= 0.3 is 5.97 Å². The van der Waals surface area contributed by atoms with E-state index in [0.29, 0.717) is 10.4 Å². The molecule has 2 amide bonds. The predicted octanol–water partition coefficient (Wildman–Crippen LogP) is 3.06. The van der Waals surface area contributed by atoms with E-state index in [1.165, 1.54) is 29.4 Å². The second kappa shape index (κ2) is 8.06. The summed E-state index contributed by atoms with van der Waals surface area (Å²) in [6, 6.07) is 4.50. The molecule has 4 rings (SSSR count). The van der Waals surface area contributed by atoms with Crippen molar-refractivity contribution in [3.05, 3.63) is 34.6 Å². The van der Waals surface area contributed by atoms with E-state index in [-0.39, 0.29) is 46.8 Å². The van der Waals surface area contributed by atoms with Crippen molar-refractivity contribution in [2.45, 2.75) is 26.2 Å². The van der Waals surface area contributed by atoms with Gasteiger partial charge in [0.25, 0.3) is 0 Å². The van der Waals surface area contributed by atoms with E-state index in [9.17, 15) is 18.8 Å². The molecule has 0 saturated carbocycles. The Labute approximate surface area is 180 Å². The number of hydrogen-bond donors (Lipinski definition) is 2. The zero-order valence-electron chi connectivity index (χ0n) is 17.1. The number of H-pyrrole nitrogens is 1. The van der Waals surface area contributed by atoms with Crippen molar-refractivity contribution >= 4 is 51.0 Å². The van der Waals surface area contributed by atoms with Crippen molar-refractivity contribution in [3.63, 3.8) is 0 Å². The molecule has 9 nitrogen and oxygen atoms in total. The van der Waals surface area contributed by atoms with E-state index >= 15 is 0 Å². The molecule has 0 aliphatic carbocycles. The fourth-order valence-electron chi connectivity index (χ4n) is 3.52. The van der Waals surface area contributed by atoms with Gasteiger partial charge in [-0.3, -0.25) is 19.6 Å². The van der Waals surface area contributed by atoms with Gasteiger partial charge in [-0.25, -0.2) is 14.2 Å². The molecule has 1 aliphatic heterocycles. The Morgan fingerprint density at radius 1 is 1.39 bits per heavy atom. The number of anilines is 2. The van der Waals surface area contributed by atoms with Crippen molar-refractivity contribution in [1.82, 2.24) is 15.2 Å². The highest BCUT2D eigenvalue weighted by molar-refractivity contribution is 7.16. The summed E-state index contributed by atoms with van der Waals surface area (Å²) in [5, 5.41) is 9.95. The molecule has 2 aromatic heterocycles. The molecule has 1 aromatic carbocycles. The first kappa shape index (κ1) is 20.9. The molecule has 3 heterocycles. The summed E-state index contributed by atoms with van der Waals surface area (Å²) in [5.74, 6) is -2.29. The highest BCUT2D eigenvalue weighted by atomic mass is 32.1. The van der Waals surface area contributed by atoms with Crippen molar-refractivity contribution in [2.75, 3.05) is 23.9 Å². The van der Waals surface area contributed by atoms with Crippen molar-refractivity contribution in [1.29, 1.82) is 0 Å². The average molecular weight is 445 g/mol. The minimum Gasteiger partial charge on any atom is -0.464 e. The lowest BCUT2D eigenvalue weighted by molar-refractivity contribution is -0.122. The monoisotopic (exact) mass is 445 g/mol. The summed E-state index contributed by atoms with van der Waals surface area (Å²) in [6.45, 7) is 3.88. The summed E-state index contributed by atoms with van der Waals surface area (Å²) in [6.07, 6.45) is -0.0408. The Hall–Kier alpha value is -3.34. The third-order valence-electron chi connectivity index (χ3n) is 5.06. The quantitative estimate of drug-likeness (QED) is 0.583. The largest absolute Gasteiger partial charge is 0.464 e. The fourth-order valence-corrected chi connectivity index (χ4v) is 4.48. The molecule has 0 bridgehead atoms. The van der Waals surface area contributed by atoms with Crippen LogP contribution in [-0.2, 0) is 14.3 Å². The zero-order chi connectivity index (χ0) is 22.3. The van der Waals surface area contributed by atoms with Crippen LogP contribution in [0.4, 0.5) is 15.3 Å². The van der Waals surface area contributed by atoms with E-state index in [4.69, 9.17) is 4.74 Å². The molecule has 31 heavy (non-hydrogen) atoms. The van der Waals surface area contributed by atoms with Crippen LogP contribution in [-0.4, -0.2) is 46.6 Å². The van der Waals surface area contributed by atoms with E-state index in [1.807, 2.05) is 13.8 Å². The van der Waals surface area contributed by atoms with Gasteiger partial charge in [0.15, 0.2) is 16.6 Å². The Morgan fingerprint density at radius 2 is 2.16 bits per heavy atom. The molecule has 0 radical (unpaired) electrons. The van der Waals surface area contributed by atoms with Crippen molar-refractivity contribution in [3.8, 4) is 0 Å². The molecular weight excluding hydrogens is 425 g/mol. The molecule has 3 aromatic rings. The number of amides is 2. The highest BCUT2D eigenvalue weighted by Gasteiger charge is 2.38. The summed E-state index contributed by atoms with van der Waals surface area (Å²) < 4.78 is 19.0. The number of halogens is 1. The second-order valence-electron chi connectivity index (χ2n) is 7.48. The molecule has 0 unspecified atom stereocenters. The van der Waals surface area contributed by atoms with Crippen molar-refractivity contribution in [2.24, 2.45) is 5.92 Å². The number of benzene rings is 1. The van der Waals surface area contributed by atoms with Gasteiger partial charge in [-0.15, -0.1) is 11.3 Å². The van der Waals surface area contributed by atoms with Gasteiger partial charge in [-0.05, 0) is 18.1 Å². The number of aromatic nitrogens is 3. The molecule has 2 N–H and O–H groups in total. The minimum atomic E-state index is -0.668. The smallest absolute Gasteiger partial charge is 0.357 e. The first-order valence-corrected chi connectivity index (χ1v) is 10.4. The van der Waals surface area contributed by atoms with Crippen LogP contribution in [0.5, 0.6) is 0 Å². The lowest BCUT2D eigenvalue weighted by atomic mass is 10.1. The molecule has 0 spiro atoms. The van der Waals surface area contributed by atoms with Crippen LogP contribution in [0.1, 0.15) is 41.6 Å². The van der Waals surface area contributed by atoms with Gasteiger partial charge in [-0.2, -0.15) is 5.10 Å². The number of nitrogens with zero attached hydrogens (tertiary/aromatic N) is 3. The normalized spacial score (nSPS) is 16.4. The number of hydrogen-bond acceptors (Lipinski definition) is 7. The third kappa shape index (κ3) is 3.76. The Bertz CT molecular complexity index is 1190. The van der Waals surface area contributed by atoms with Crippen LogP contribution in [0.15, 0.2) is 18.2 Å². The first-order valence-electron chi connectivity index (χ1n) is 9.63. The van der Waals surface area contributed by atoms with Gasteiger partial charge in [0.2, 0.25) is 11.8 Å². The summed E-state index contributed by atoms with van der Waals surface area (Å²) in [4.78, 5) is 43.5. The maximum atomic E-state index is 14.3. The lowest BCUT2D eigenvalue weighted by Gasteiger charge is -2.14. The third-order valence-corrected chi connectivity index (χ3v) is 6.33. The Morgan fingerprint density at radius 3 is 2.87 bits per heavy atom. The van der Waals surface area contributed by atoms with Gasteiger partial charge < -0.3 is 10.1 Å². The van der Waals surface area contributed by atoms with Crippen LogP contribution in [0.25, 0.3) is 10.9 Å². The average Bonchev–Trinajstić information content (AvgIpc) is 3.44. The predicted molar refractivity (Wildman–Crippen MR) is 113 cm³/mol. The molecule has 11 heteroatoms. The number of thiazole rings is 1. The maximum absolute atomic E-state index is 14.3. The second-order valence-corrected chi connectivity index (χ2v) is 8.51. The van der Waals surface area contributed by atoms with Crippen LogP contribution >= 0.6 is 11.3 Å². The standard InChI is InChI=1S/C20H20FN5O4S/c1-9(2)16-15(19(29)30-3)22-20(31-16)23-18(28)10-7-13(27)26(8-10)17-14-11(21)5-4-6-12(14)24-25-17/h4-6,9-10H,7-8H2,1-3H3,(H,24,25)(H,22,23,28)/t10-/m1/s1. The fraction of sp³-hybridized carbons (Fsp3) is 0.350. The maximum Gasteiger partial charge on any atom is 0.357 e. The number of rotatable bonds is 5. The number of nitrogens with one attached hydrogen (secondary N) is 2. The van der Waals surface area contributed by atoms with Crippen molar-refractivity contribution < 1.29 is 23.5 Å². The van der Waals surface area contributed by atoms with Gasteiger partial charge in [-0.1, -0.05) is 19.9 Å². The summed E-state index contributed by atoms with van der Waals surface area (Å²) in [5.41, 5.74) is 0.635. The van der Waals surface area contributed by atoms with Gasteiger partial charge in [0, 0.05) is 17.8 Å². The number of carbonyl (C=O) groups is 3. The molecule has 1 aliphatic rings. The van der Waals surface area contributed by atoms with Gasteiger partial charge in [0.05, 0.1) is 23.9 Å². The molecule has 1 fully saturated rings. The Balaban J connectivity index is 1.53. The van der Waals surface area contributed by atoms with Crippen LogP contribution in [0.3, 0.4) is 0 Å². The van der Waals surface area contributed by atoms with E-state index in [0.717, 1.165) is 0 Å². The summed E-state index contributed by atoms with van der Waals surface area (Å²) in [7, 11) is 1.27. The number of aromatic amines is 1. The molecule has 162 valence electrons. The minimum absolute atomic E-state index is 0.0173.